The van der Waals surface area contributed by atoms with Crippen LogP contribution in [-0.2, 0) is 19.1 Å². The summed E-state index contributed by atoms with van der Waals surface area (Å²) in [5, 5.41) is 0. The van der Waals surface area contributed by atoms with Crippen molar-refractivity contribution in [2.45, 2.75) is 19.4 Å². The molecule has 2 heterocycles. The van der Waals surface area contributed by atoms with Gasteiger partial charge in [0.25, 0.3) is 0 Å². The predicted octanol–water partition coefficient (Wildman–Crippen LogP) is -0.203. The van der Waals surface area contributed by atoms with E-state index in [9.17, 15) is 9.59 Å². The molecule has 2 fully saturated rings. The number of hydrogen-bond donors (Lipinski definition) is 0. The van der Waals surface area contributed by atoms with Gasteiger partial charge in [0.1, 0.15) is 6.61 Å². The molecule has 2 rings (SSSR count). The highest BCUT2D eigenvalue weighted by Crippen LogP contribution is 2.28. The molecule has 15 heavy (non-hydrogen) atoms. The molecule has 0 aliphatic carbocycles. The minimum absolute atomic E-state index is 0.0157. The first-order valence-corrected chi connectivity index (χ1v) is 5.28. The average Bonchev–Trinajstić information content (AvgIpc) is 2.63. The van der Waals surface area contributed by atoms with Crippen molar-refractivity contribution in [3.8, 4) is 0 Å². The highest BCUT2D eigenvalue weighted by molar-refractivity contribution is 5.81. The Hall–Kier alpha value is -1.10. The van der Waals surface area contributed by atoms with Crippen LogP contribution >= 0.6 is 0 Å². The molecule has 0 aromatic rings. The van der Waals surface area contributed by atoms with Gasteiger partial charge >= 0.3 is 5.97 Å². The standard InChI is InChI=1S/C10H15NO4/c1-2-15-10(13)7-3-4-11-8(7)5-14-6-9(11)12/h7-8H,2-6H2,1H3/t7-,8-/m1/s1. The number of nitrogens with zero attached hydrogens (tertiary/aromatic N) is 1. The number of ether oxygens (including phenoxy) is 2. The van der Waals surface area contributed by atoms with Gasteiger partial charge in [-0.2, -0.15) is 0 Å². The second-order valence-electron chi connectivity index (χ2n) is 3.82. The SMILES string of the molecule is CCOC(=O)[C@@H]1CCN2C(=O)COC[C@H]12. The van der Waals surface area contributed by atoms with Crippen molar-refractivity contribution in [3.05, 3.63) is 0 Å². The highest BCUT2D eigenvalue weighted by atomic mass is 16.5. The minimum atomic E-state index is -0.205. The molecule has 1 amide bonds. The summed E-state index contributed by atoms with van der Waals surface area (Å²) in [6.07, 6.45) is 0.693. The predicted molar refractivity (Wildman–Crippen MR) is 51.1 cm³/mol. The largest absolute Gasteiger partial charge is 0.466 e. The van der Waals surface area contributed by atoms with Gasteiger partial charge in [0, 0.05) is 6.54 Å². The Morgan fingerprint density at radius 2 is 2.47 bits per heavy atom. The van der Waals surface area contributed by atoms with Gasteiger partial charge in [-0.25, -0.2) is 0 Å². The van der Waals surface area contributed by atoms with Crippen molar-refractivity contribution in [2.24, 2.45) is 5.92 Å². The topological polar surface area (TPSA) is 55.8 Å². The number of amides is 1. The van der Waals surface area contributed by atoms with Crippen LogP contribution in [0.15, 0.2) is 0 Å². The number of carbonyl (C=O) groups excluding carboxylic acids is 2. The number of rotatable bonds is 2. The van der Waals surface area contributed by atoms with Crippen LogP contribution in [0.25, 0.3) is 0 Å². The molecule has 0 saturated carbocycles. The molecule has 0 aromatic carbocycles. The van der Waals surface area contributed by atoms with Gasteiger partial charge in [-0.3, -0.25) is 9.59 Å². The van der Waals surface area contributed by atoms with Crippen molar-refractivity contribution in [2.75, 3.05) is 26.4 Å². The third-order valence-electron chi connectivity index (χ3n) is 2.97. The van der Waals surface area contributed by atoms with E-state index in [1.165, 1.54) is 0 Å². The van der Waals surface area contributed by atoms with Crippen LogP contribution in [0.5, 0.6) is 0 Å². The highest BCUT2D eigenvalue weighted by Gasteiger charge is 2.43. The maximum atomic E-state index is 11.6. The second kappa shape index (κ2) is 4.18. The van der Waals surface area contributed by atoms with E-state index in [4.69, 9.17) is 9.47 Å². The molecule has 2 saturated heterocycles. The number of esters is 1. The molecule has 84 valence electrons. The fourth-order valence-electron chi connectivity index (χ4n) is 2.24. The average molecular weight is 213 g/mol. The van der Waals surface area contributed by atoms with Gasteiger partial charge in [0.15, 0.2) is 0 Å². The molecule has 0 unspecified atom stereocenters. The van der Waals surface area contributed by atoms with E-state index in [1.54, 1.807) is 11.8 Å². The van der Waals surface area contributed by atoms with Crippen LogP contribution in [0, 0.1) is 5.92 Å². The molecule has 0 aromatic heterocycles. The van der Waals surface area contributed by atoms with Crippen LogP contribution in [-0.4, -0.2) is 49.2 Å². The molecular weight excluding hydrogens is 198 g/mol. The quantitative estimate of drug-likeness (QED) is 0.596. The fourth-order valence-corrected chi connectivity index (χ4v) is 2.24. The van der Waals surface area contributed by atoms with Crippen LogP contribution in [0.1, 0.15) is 13.3 Å². The lowest BCUT2D eigenvalue weighted by Crippen LogP contribution is -2.48. The van der Waals surface area contributed by atoms with Gasteiger partial charge in [-0.1, -0.05) is 0 Å². The van der Waals surface area contributed by atoms with E-state index < -0.39 is 0 Å². The number of carbonyl (C=O) groups is 2. The summed E-state index contributed by atoms with van der Waals surface area (Å²) in [7, 11) is 0. The van der Waals surface area contributed by atoms with Crippen LogP contribution in [0.3, 0.4) is 0 Å². The third kappa shape index (κ3) is 1.84. The van der Waals surface area contributed by atoms with Crippen LogP contribution in [0.2, 0.25) is 0 Å². The van der Waals surface area contributed by atoms with Crippen molar-refractivity contribution >= 4 is 11.9 Å². The first-order chi connectivity index (χ1) is 7.24. The molecule has 0 spiro atoms. The number of fused-ring (bicyclic) bond motifs is 1. The van der Waals surface area contributed by atoms with E-state index in [0.29, 0.717) is 26.2 Å². The lowest BCUT2D eigenvalue weighted by atomic mass is 10.0. The number of morpholine rings is 1. The van der Waals surface area contributed by atoms with E-state index in [2.05, 4.69) is 0 Å². The van der Waals surface area contributed by atoms with Crippen molar-refractivity contribution in [1.29, 1.82) is 0 Å². The molecule has 2 aliphatic rings. The maximum absolute atomic E-state index is 11.6. The van der Waals surface area contributed by atoms with E-state index >= 15 is 0 Å². The first-order valence-electron chi connectivity index (χ1n) is 5.28. The lowest BCUT2D eigenvalue weighted by molar-refractivity contribution is -0.154. The molecule has 0 radical (unpaired) electrons. The van der Waals surface area contributed by atoms with Gasteiger partial charge in [0.2, 0.25) is 5.91 Å². The van der Waals surface area contributed by atoms with Crippen molar-refractivity contribution < 1.29 is 19.1 Å². The van der Waals surface area contributed by atoms with E-state index in [0.717, 1.165) is 0 Å². The summed E-state index contributed by atoms with van der Waals surface area (Å²) in [5.74, 6) is -0.421. The van der Waals surface area contributed by atoms with Crippen LogP contribution in [0.4, 0.5) is 0 Å². The number of hydrogen-bond acceptors (Lipinski definition) is 4. The summed E-state index contributed by atoms with van der Waals surface area (Å²) in [6, 6.07) is -0.106. The summed E-state index contributed by atoms with van der Waals surface area (Å²) in [5.41, 5.74) is 0. The molecule has 5 heteroatoms. The molecule has 5 nitrogen and oxygen atoms in total. The zero-order valence-electron chi connectivity index (χ0n) is 8.77. The van der Waals surface area contributed by atoms with E-state index in [1.807, 2.05) is 0 Å². The Balaban J connectivity index is 2.04. The summed E-state index contributed by atoms with van der Waals surface area (Å²) in [4.78, 5) is 24.8. The molecular formula is C10H15NO4. The smallest absolute Gasteiger partial charge is 0.311 e. The van der Waals surface area contributed by atoms with Gasteiger partial charge < -0.3 is 14.4 Å². The fraction of sp³-hybridized carbons (Fsp3) is 0.800. The third-order valence-corrected chi connectivity index (χ3v) is 2.97. The van der Waals surface area contributed by atoms with Gasteiger partial charge in [0.05, 0.1) is 25.2 Å². The minimum Gasteiger partial charge on any atom is -0.466 e. The van der Waals surface area contributed by atoms with Crippen molar-refractivity contribution in [3.63, 3.8) is 0 Å². The Kier molecular flexibility index (Phi) is 2.90. The first kappa shape index (κ1) is 10.4. The maximum Gasteiger partial charge on any atom is 0.311 e. The Morgan fingerprint density at radius 3 is 3.20 bits per heavy atom. The normalized spacial score (nSPS) is 30.2. The molecule has 0 bridgehead atoms. The lowest BCUT2D eigenvalue weighted by Gasteiger charge is -2.31. The zero-order chi connectivity index (χ0) is 10.8. The summed E-state index contributed by atoms with van der Waals surface area (Å²) >= 11 is 0. The van der Waals surface area contributed by atoms with E-state index in [-0.39, 0.29) is 30.4 Å². The zero-order valence-corrected chi connectivity index (χ0v) is 8.77. The second-order valence-corrected chi connectivity index (χ2v) is 3.82. The monoisotopic (exact) mass is 213 g/mol. The molecule has 2 atom stereocenters. The van der Waals surface area contributed by atoms with Crippen LogP contribution < -0.4 is 0 Å². The van der Waals surface area contributed by atoms with Gasteiger partial charge in [-0.05, 0) is 13.3 Å². The molecule has 0 N–H and O–H groups in total. The van der Waals surface area contributed by atoms with Gasteiger partial charge in [-0.15, -0.1) is 0 Å². The Morgan fingerprint density at radius 1 is 1.67 bits per heavy atom. The van der Waals surface area contributed by atoms with Crippen molar-refractivity contribution in [1.82, 2.24) is 4.90 Å². The summed E-state index contributed by atoms with van der Waals surface area (Å²) < 4.78 is 10.1. The summed E-state index contributed by atoms with van der Waals surface area (Å²) in [6.45, 7) is 3.42. The molecule has 2 aliphatic heterocycles. The Labute approximate surface area is 88.3 Å². The Bertz CT molecular complexity index is 279.